The molecule has 0 saturated carbocycles. The van der Waals surface area contributed by atoms with Crippen molar-refractivity contribution in [2.75, 3.05) is 10.6 Å². The lowest BCUT2D eigenvalue weighted by atomic mass is 10.0. The van der Waals surface area contributed by atoms with E-state index in [1.165, 1.54) is 12.1 Å². The van der Waals surface area contributed by atoms with Gasteiger partial charge < -0.3 is 10.6 Å². The van der Waals surface area contributed by atoms with Gasteiger partial charge in [0.15, 0.2) is 0 Å². The van der Waals surface area contributed by atoms with Crippen molar-refractivity contribution in [3.8, 4) is 0 Å². The van der Waals surface area contributed by atoms with Crippen LogP contribution in [-0.4, -0.2) is 10.9 Å². The molecule has 1 heterocycles. The molecule has 0 fully saturated rings. The molecule has 0 aliphatic carbocycles. The van der Waals surface area contributed by atoms with Crippen LogP contribution in [-0.2, 0) is 0 Å². The number of para-hydroxylation sites is 1. The van der Waals surface area contributed by atoms with Crippen molar-refractivity contribution in [3.63, 3.8) is 0 Å². The highest BCUT2D eigenvalue weighted by molar-refractivity contribution is 6.03. The smallest absolute Gasteiger partial charge is 0.274 e. The molecule has 0 aliphatic heterocycles. The molecule has 0 atom stereocenters. The first-order valence-electron chi connectivity index (χ1n) is 8.42. The predicted octanol–water partition coefficient (Wildman–Crippen LogP) is 5.34. The molecule has 0 spiro atoms. The normalized spacial score (nSPS) is 10.6. The summed E-state index contributed by atoms with van der Waals surface area (Å²) in [6.07, 6.45) is 1.55. The number of halogens is 1. The standard InChI is InChI=1S/C21H20FN3O/c1-14(2)18-8-3-4-9-19(18)25-21(26)20-13-17(10-11-23-20)24-16-7-5-6-15(22)12-16/h3-14H,1-2H3,(H,23,24)(H,25,26). The van der Waals surface area contributed by atoms with E-state index in [1.54, 1.807) is 30.5 Å². The summed E-state index contributed by atoms with van der Waals surface area (Å²) in [5.41, 5.74) is 3.39. The molecule has 26 heavy (non-hydrogen) atoms. The van der Waals surface area contributed by atoms with Gasteiger partial charge in [-0.05, 0) is 47.9 Å². The summed E-state index contributed by atoms with van der Waals surface area (Å²) in [6.45, 7) is 4.15. The monoisotopic (exact) mass is 349 g/mol. The summed E-state index contributed by atoms with van der Waals surface area (Å²) < 4.78 is 13.3. The van der Waals surface area contributed by atoms with Crippen LogP contribution in [0, 0.1) is 5.82 Å². The number of rotatable bonds is 5. The van der Waals surface area contributed by atoms with Crippen molar-refractivity contribution < 1.29 is 9.18 Å². The van der Waals surface area contributed by atoms with Crippen molar-refractivity contribution in [3.05, 3.63) is 83.9 Å². The summed E-state index contributed by atoms with van der Waals surface area (Å²) >= 11 is 0. The number of pyridine rings is 1. The summed E-state index contributed by atoms with van der Waals surface area (Å²) in [5, 5.41) is 5.99. The van der Waals surface area contributed by atoms with E-state index in [-0.39, 0.29) is 17.4 Å². The number of amides is 1. The van der Waals surface area contributed by atoms with Crippen LogP contribution in [0.1, 0.15) is 35.8 Å². The highest BCUT2D eigenvalue weighted by atomic mass is 19.1. The molecule has 0 aliphatic rings. The van der Waals surface area contributed by atoms with Crippen LogP contribution in [0.3, 0.4) is 0 Å². The Labute approximate surface area is 152 Å². The number of hydrogen-bond donors (Lipinski definition) is 2. The minimum atomic E-state index is -0.327. The van der Waals surface area contributed by atoms with Crippen molar-refractivity contribution in [1.82, 2.24) is 4.98 Å². The van der Waals surface area contributed by atoms with Crippen LogP contribution < -0.4 is 10.6 Å². The van der Waals surface area contributed by atoms with Crippen LogP contribution in [0.15, 0.2) is 66.9 Å². The van der Waals surface area contributed by atoms with Crippen LogP contribution in [0.2, 0.25) is 0 Å². The average molecular weight is 349 g/mol. The maximum atomic E-state index is 13.3. The van der Waals surface area contributed by atoms with E-state index in [4.69, 9.17) is 0 Å². The first-order valence-corrected chi connectivity index (χ1v) is 8.42. The van der Waals surface area contributed by atoms with Gasteiger partial charge in [-0.15, -0.1) is 0 Å². The Kier molecular flexibility index (Phi) is 5.27. The lowest BCUT2D eigenvalue weighted by molar-refractivity contribution is 0.102. The van der Waals surface area contributed by atoms with Gasteiger partial charge in [0, 0.05) is 23.3 Å². The quantitative estimate of drug-likeness (QED) is 0.654. The number of benzene rings is 2. The Morgan fingerprint density at radius 3 is 2.54 bits per heavy atom. The van der Waals surface area contributed by atoms with E-state index in [1.807, 2.05) is 24.3 Å². The molecule has 3 rings (SSSR count). The van der Waals surface area contributed by atoms with Gasteiger partial charge in [0.1, 0.15) is 11.5 Å². The fourth-order valence-corrected chi connectivity index (χ4v) is 2.67. The molecule has 5 heteroatoms. The topological polar surface area (TPSA) is 54.0 Å². The highest BCUT2D eigenvalue weighted by Gasteiger charge is 2.12. The van der Waals surface area contributed by atoms with Gasteiger partial charge >= 0.3 is 0 Å². The second-order valence-corrected chi connectivity index (χ2v) is 6.26. The molecule has 4 nitrogen and oxygen atoms in total. The van der Waals surface area contributed by atoms with E-state index in [9.17, 15) is 9.18 Å². The van der Waals surface area contributed by atoms with Crippen LogP contribution in [0.5, 0.6) is 0 Å². The van der Waals surface area contributed by atoms with Gasteiger partial charge in [0.05, 0.1) is 0 Å². The number of aromatic nitrogens is 1. The Bertz CT molecular complexity index is 924. The summed E-state index contributed by atoms with van der Waals surface area (Å²) in [5.74, 6) is -0.325. The largest absolute Gasteiger partial charge is 0.355 e. The summed E-state index contributed by atoms with van der Waals surface area (Å²) in [4.78, 5) is 16.7. The van der Waals surface area contributed by atoms with E-state index in [0.29, 0.717) is 17.3 Å². The van der Waals surface area contributed by atoms with Crippen LogP contribution >= 0.6 is 0 Å². The second-order valence-electron chi connectivity index (χ2n) is 6.26. The van der Waals surface area contributed by atoms with Gasteiger partial charge in [-0.3, -0.25) is 9.78 Å². The third-order valence-electron chi connectivity index (χ3n) is 3.94. The Balaban J connectivity index is 1.79. The Hall–Kier alpha value is -3.21. The predicted molar refractivity (Wildman–Crippen MR) is 102 cm³/mol. The first-order chi connectivity index (χ1) is 12.5. The fraction of sp³-hybridized carbons (Fsp3) is 0.143. The minimum absolute atomic E-state index is 0.282. The van der Waals surface area contributed by atoms with E-state index >= 15 is 0 Å². The third-order valence-corrected chi connectivity index (χ3v) is 3.94. The Morgan fingerprint density at radius 1 is 1.00 bits per heavy atom. The van der Waals surface area contributed by atoms with E-state index < -0.39 is 0 Å². The SMILES string of the molecule is CC(C)c1ccccc1NC(=O)c1cc(Nc2cccc(F)c2)ccn1. The Morgan fingerprint density at radius 2 is 1.77 bits per heavy atom. The molecule has 0 radical (unpaired) electrons. The molecule has 1 aromatic heterocycles. The lowest BCUT2D eigenvalue weighted by Crippen LogP contribution is -2.15. The molecule has 0 saturated heterocycles. The van der Waals surface area contributed by atoms with Gasteiger partial charge in [-0.25, -0.2) is 4.39 Å². The maximum Gasteiger partial charge on any atom is 0.274 e. The van der Waals surface area contributed by atoms with Crippen molar-refractivity contribution >= 4 is 23.0 Å². The van der Waals surface area contributed by atoms with Gasteiger partial charge in [-0.2, -0.15) is 0 Å². The molecule has 2 aromatic carbocycles. The van der Waals surface area contributed by atoms with Gasteiger partial charge in [0.25, 0.3) is 5.91 Å². The highest BCUT2D eigenvalue weighted by Crippen LogP contribution is 2.24. The van der Waals surface area contributed by atoms with E-state index in [0.717, 1.165) is 11.3 Å². The number of anilines is 3. The molecule has 0 bridgehead atoms. The lowest BCUT2D eigenvalue weighted by Gasteiger charge is -2.14. The fourth-order valence-electron chi connectivity index (χ4n) is 2.67. The molecule has 0 unspecified atom stereocenters. The molecule has 2 N–H and O–H groups in total. The third kappa shape index (κ3) is 4.25. The second kappa shape index (κ2) is 7.78. The molecule has 1 amide bonds. The van der Waals surface area contributed by atoms with E-state index in [2.05, 4.69) is 29.5 Å². The minimum Gasteiger partial charge on any atom is -0.355 e. The maximum absolute atomic E-state index is 13.3. The number of nitrogens with zero attached hydrogens (tertiary/aromatic N) is 1. The number of carbonyl (C=O) groups excluding carboxylic acids is 1. The first kappa shape index (κ1) is 17.6. The number of nitrogens with one attached hydrogen (secondary N) is 2. The van der Waals surface area contributed by atoms with Crippen LogP contribution in [0.25, 0.3) is 0 Å². The van der Waals surface area contributed by atoms with Gasteiger partial charge in [-0.1, -0.05) is 38.1 Å². The van der Waals surface area contributed by atoms with Gasteiger partial charge in [0.2, 0.25) is 0 Å². The zero-order valence-electron chi connectivity index (χ0n) is 14.7. The summed E-state index contributed by atoms with van der Waals surface area (Å²) in [7, 11) is 0. The van der Waals surface area contributed by atoms with Crippen molar-refractivity contribution in [1.29, 1.82) is 0 Å². The molecule has 3 aromatic rings. The zero-order valence-corrected chi connectivity index (χ0v) is 14.7. The number of carbonyl (C=O) groups is 1. The average Bonchev–Trinajstić information content (AvgIpc) is 2.62. The summed E-state index contributed by atoms with van der Waals surface area (Å²) in [6, 6.07) is 17.2. The zero-order chi connectivity index (χ0) is 18.5. The molecule has 132 valence electrons. The van der Waals surface area contributed by atoms with Crippen molar-refractivity contribution in [2.45, 2.75) is 19.8 Å². The number of hydrogen-bond acceptors (Lipinski definition) is 3. The molecular formula is C21H20FN3O. The molecular weight excluding hydrogens is 329 g/mol. The van der Waals surface area contributed by atoms with Crippen LogP contribution in [0.4, 0.5) is 21.5 Å². The van der Waals surface area contributed by atoms with Crippen molar-refractivity contribution in [2.24, 2.45) is 0 Å².